The second-order valence-electron chi connectivity index (χ2n) is 5.16. The zero-order valence-corrected chi connectivity index (χ0v) is 15.4. The summed E-state index contributed by atoms with van der Waals surface area (Å²) < 4.78 is 0. The molecule has 0 fully saturated rings. The Bertz CT molecular complexity index is 858. The van der Waals surface area contributed by atoms with Crippen molar-refractivity contribution in [3.63, 3.8) is 0 Å². The van der Waals surface area contributed by atoms with Gasteiger partial charge < -0.3 is 5.11 Å². The first kappa shape index (κ1) is 19.7. The van der Waals surface area contributed by atoms with Crippen LogP contribution in [0.1, 0.15) is 18.1 Å². The lowest BCUT2D eigenvalue weighted by atomic mass is 10.1. The molecule has 0 aliphatic heterocycles. The minimum absolute atomic E-state index is 0.107. The van der Waals surface area contributed by atoms with Gasteiger partial charge in [0.05, 0.1) is 17.6 Å². The topological polar surface area (TPSA) is 105 Å². The summed E-state index contributed by atoms with van der Waals surface area (Å²) in [5.74, 6) is 0.0986. The molecule has 0 radical (unpaired) electrons. The first-order chi connectivity index (χ1) is 12.4. The number of hydrogen-bond acceptors (Lipinski definition) is 6. The summed E-state index contributed by atoms with van der Waals surface area (Å²) in [5, 5.41) is 24.5. The van der Waals surface area contributed by atoms with E-state index in [-0.39, 0.29) is 12.3 Å². The van der Waals surface area contributed by atoms with Crippen molar-refractivity contribution in [3.05, 3.63) is 62.7 Å². The van der Waals surface area contributed by atoms with Crippen molar-refractivity contribution in [2.45, 2.75) is 18.2 Å². The van der Waals surface area contributed by atoms with Crippen LogP contribution in [0.2, 0.25) is 5.02 Å². The van der Waals surface area contributed by atoms with Gasteiger partial charge in [-0.05, 0) is 41.6 Å². The number of hydrogen-bond donors (Lipinski definition) is 2. The average molecular weight is 394 g/mol. The quantitative estimate of drug-likeness (QED) is 0.322. The van der Waals surface area contributed by atoms with Gasteiger partial charge in [0.25, 0.3) is 0 Å². The van der Waals surface area contributed by atoms with Gasteiger partial charge in [-0.1, -0.05) is 18.5 Å². The highest BCUT2D eigenvalue weighted by Gasteiger charge is 2.13. The van der Waals surface area contributed by atoms with Crippen LogP contribution >= 0.6 is 23.4 Å². The number of aromatic hydroxyl groups is 1. The average Bonchev–Trinajstić information content (AvgIpc) is 2.58. The maximum Gasteiger partial charge on any atom is 0.311 e. The SMILES string of the molecule is CCSc1ccc(Cl)cc1CC(=O)N/N=C\c1ccc(O)c([N+](=O)[O-])c1. The normalized spacial score (nSPS) is 10.8. The maximum atomic E-state index is 12.1. The highest BCUT2D eigenvalue weighted by atomic mass is 35.5. The van der Waals surface area contributed by atoms with Crippen LogP contribution in [0.4, 0.5) is 5.69 Å². The second kappa shape index (κ2) is 9.21. The van der Waals surface area contributed by atoms with Crippen LogP contribution in [0, 0.1) is 10.1 Å². The Hall–Kier alpha value is -2.58. The number of hydrazone groups is 1. The summed E-state index contributed by atoms with van der Waals surface area (Å²) in [6.45, 7) is 2.02. The molecule has 0 heterocycles. The number of nitro groups is 1. The molecule has 2 aromatic carbocycles. The Balaban J connectivity index is 2.03. The number of phenols is 1. The summed E-state index contributed by atoms with van der Waals surface area (Å²) in [4.78, 5) is 23.1. The number of thioether (sulfide) groups is 1. The molecule has 0 aromatic heterocycles. The number of halogens is 1. The number of benzene rings is 2. The van der Waals surface area contributed by atoms with Crippen molar-refractivity contribution < 1.29 is 14.8 Å². The number of nitrogens with one attached hydrogen (secondary N) is 1. The van der Waals surface area contributed by atoms with Gasteiger partial charge >= 0.3 is 5.69 Å². The summed E-state index contributed by atoms with van der Waals surface area (Å²) in [6, 6.07) is 9.20. The molecule has 0 saturated heterocycles. The predicted octanol–water partition coefficient (Wildman–Crippen LogP) is 3.76. The monoisotopic (exact) mass is 393 g/mol. The molecule has 7 nitrogen and oxygen atoms in total. The molecule has 1 amide bonds. The number of phenolic OH excluding ortho intramolecular Hbond substituents is 1. The minimum Gasteiger partial charge on any atom is -0.502 e. The Morgan fingerprint density at radius 3 is 2.85 bits per heavy atom. The third-order valence-electron chi connectivity index (χ3n) is 3.27. The summed E-state index contributed by atoms with van der Waals surface area (Å²) in [7, 11) is 0. The fourth-order valence-electron chi connectivity index (χ4n) is 2.14. The third kappa shape index (κ3) is 5.47. The van der Waals surface area contributed by atoms with Gasteiger partial charge in [0.15, 0.2) is 5.75 Å². The molecule has 0 aliphatic rings. The van der Waals surface area contributed by atoms with Crippen LogP contribution in [-0.4, -0.2) is 27.9 Å². The number of amides is 1. The molecule has 0 spiro atoms. The van der Waals surface area contributed by atoms with E-state index in [1.807, 2.05) is 13.0 Å². The number of carbonyl (C=O) groups excluding carboxylic acids is 1. The van der Waals surface area contributed by atoms with E-state index in [1.54, 1.807) is 23.9 Å². The van der Waals surface area contributed by atoms with Crippen molar-refractivity contribution in [3.8, 4) is 5.75 Å². The fraction of sp³-hybridized carbons (Fsp3) is 0.176. The van der Waals surface area contributed by atoms with Gasteiger partial charge in [0.2, 0.25) is 5.91 Å². The van der Waals surface area contributed by atoms with Gasteiger partial charge in [-0.2, -0.15) is 5.10 Å². The molecule has 0 aliphatic carbocycles. The molecule has 2 aromatic rings. The fourth-order valence-corrected chi connectivity index (χ4v) is 3.13. The summed E-state index contributed by atoms with van der Waals surface area (Å²) >= 11 is 7.61. The minimum atomic E-state index is -0.697. The molecule has 0 bridgehead atoms. The van der Waals surface area contributed by atoms with Crippen LogP contribution in [-0.2, 0) is 11.2 Å². The Kier molecular flexibility index (Phi) is 6.99. The van der Waals surface area contributed by atoms with Gasteiger partial charge in [-0.3, -0.25) is 14.9 Å². The highest BCUT2D eigenvalue weighted by molar-refractivity contribution is 7.99. The van der Waals surface area contributed by atoms with E-state index in [9.17, 15) is 20.0 Å². The smallest absolute Gasteiger partial charge is 0.311 e. The largest absolute Gasteiger partial charge is 0.502 e. The zero-order valence-electron chi connectivity index (χ0n) is 13.8. The van der Waals surface area contributed by atoms with Crippen molar-refractivity contribution >= 4 is 41.2 Å². The van der Waals surface area contributed by atoms with E-state index in [0.717, 1.165) is 22.3 Å². The molecule has 26 heavy (non-hydrogen) atoms. The van der Waals surface area contributed by atoms with Crippen LogP contribution in [0.5, 0.6) is 5.75 Å². The first-order valence-corrected chi connectivity index (χ1v) is 8.97. The van der Waals surface area contributed by atoms with Crippen molar-refractivity contribution in [1.29, 1.82) is 0 Å². The molecule has 2 N–H and O–H groups in total. The van der Waals surface area contributed by atoms with Gasteiger partial charge in [-0.15, -0.1) is 11.8 Å². The van der Waals surface area contributed by atoms with Crippen LogP contribution < -0.4 is 5.43 Å². The number of nitrogens with zero attached hydrogens (tertiary/aromatic N) is 2. The van der Waals surface area contributed by atoms with E-state index < -0.39 is 16.4 Å². The molecule has 2 rings (SSSR count). The number of nitro benzene ring substituents is 1. The van der Waals surface area contributed by atoms with Gasteiger partial charge in [0.1, 0.15) is 0 Å². The van der Waals surface area contributed by atoms with Crippen LogP contribution in [0.15, 0.2) is 46.4 Å². The lowest BCUT2D eigenvalue weighted by Gasteiger charge is -2.08. The van der Waals surface area contributed by atoms with Crippen LogP contribution in [0.3, 0.4) is 0 Å². The molecule has 0 atom stereocenters. The maximum absolute atomic E-state index is 12.1. The van der Waals surface area contributed by atoms with E-state index in [0.29, 0.717) is 10.6 Å². The van der Waals surface area contributed by atoms with E-state index in [1.165, 1.54) is 18.3 Å². The molecular weight excluding hydrogens is 378 g/mol. The predicted molar refractivity (Wildman–Crippen MR) is 102 cm³/mol. The lowest BCUT2D eigenvalue weighted by molar-refractivity contribution is -0.385. The standard InChI is InChI=1S/C17H16ClN3O4S/c1-2-26-16-6-4-13(18)8-12(16)9-17(23)20-19-10-11-3-5-15(22)14(7-11)21(24)25/h3-8,10,22H,2,9H2,1H3,(H,20,23)/b19-10-. The lowest BCUT2D eigenvalue weighted by Crippen LogP contribution is -2.20. The van der Waals surface area contributed by atoms with E-state index in [4.69, 9.17) is 11.6 Å². The molecule has 9 heteroatoms. The first-order valence-electron chi connectivity index (χ1n) is 7.61. The Labute approximate surface area is 159 Å². The van der Waals surface area contributed by atoms with Gasteiger partial charge in [-0.25, -0.2) is 5.43 Å². The number of rotatable bonds is 7. The Morgan fingerprint density at radius 2 is 2.15 bits per heavy atom. The summed E-state index contributed by atoms with van der Waals surface area (Å²) in [5.41, 5.74) is 3.13. The van der Waals surface area contributed by atoms with Crippen LogP contribution in [0.25, 0.3) is 0 Å². The molecular formula is C17H16ClN3O4S. The van der Waals surface area contributed by atoms with Crippen molar-refractivity contribution in [2.24, 2.45) is 5.10 Å². The van der Waals surface area contributed by atoms with Gasteiger partial charge in [0, 0.05) is 21.5 Å². The third-order valence-corrected chi connectivity index (χ3v) is 4.51. The summed E-state index contributed by atoms with van der Waals surface area (Å²) in [6.07, 6.45) is 1.37. The van der Waals surface area contributed by atoms with Crippen molar-refractivity contribution in [2.75, 3.05) is 5.75 Å². The Morgan fingerprint density at radius 1 is 1.38 bits per heavy atom. The number of carbonyl (C=O) groups is 1. The van der Waals surface area contributed by atoms with E-state index >= 15 is 0 Å². The second-order valence-corrected chi connectivity index (χ2v) is 6.90. The molecule has 136 valence electrons. The van der Waals surface area contributed by atoms with E-state index in [2.05, 4.69) is 10.5 Å². The zero-order chi connectivity index (χ0) is 19.1. The molecule has 0 unspecified atom stereocenters. The molecule has 0 saturated carbocycles. The highest BCUT2D eigenvalue weighted by Crippen LogP contribution is 2.26. The van der Waals surface area contributed by atoms with Crippen molar-refractivity contribution in [1.82, 2.24) is 5.43 Å².